The van der Waals surface area contributed by atoms with E-state index in [1.54, 1.807) is 102 Å². The molecule has 5 amide bonds. The van der Waals surface area contributed by atoms with Gasteiger partial charge < -0.3 is 14.5 Å². The molecule has 10 aromatic heterocycles. The van der Waals surface area contributed by atoms with Gasteiger partial charge in [-0.05, 0) is 169 Å². The number of piperidine rings is 1. The van der Waals surface area contributed by atoms with Crippen LogP contribution in [0.15, 0.2) is 183 Å². The van der Waals surface area contributed by atoms with E-state index in [1.165, 1.54) is 19.3 Å². The number of likely N-dealkylation sites (tertiary alicyclic amines) is 1. The number of nitrogens with one attached hydrogen (secondary N) is 4. The van der Waals surface area contributed by atoms with Crippen LogP contribution in [-0.4, -0.2) is 247 Å². The zero-order valence-electron chi connectivity index (χ0n) is 67.9. The van der Waals surface area contributed by atoms with E-state index in [1.807, 2.05) is 120 Å². The molecule has 0 aliphatic carbocycles. The van der Waals surface area contributed by atoms with Crippen molar-refractivity contribution in [1.82, 2.24) is 119 Å². The van der Waals surface area contributed by atoms with Crippen molar-refractivity contribution in [3.8, 4) is 46.1 Å². The largest absolute Gasteiger partial charge is 0.379 e. The number of nitrogens with zero attached hydrogens (tertiary/aromatic N) is 24. The van der Waals surface area contributed by atoms with E-state index in [-0.39, 0.29) is 53.3 Å². The fourth-order valence-corrected chi connectivity index (χ4v) is 13.2. The lowest BCUT2D eigenvalue weighted by Crippen LogP contribution is -2.47. The monoisotopic (exact) mass is 1610 g/mol. The molecule has 4 N–H and O–H groups in total. The first-order valence-corrected chi connectivity index (χ1v) is 39.7. The summed E-state index contributed by atoms with van der Waals surface area (Å²) in [6.07, 6.45) is 13.7. The molecule has 34 heteroatoms. The third kappa shape index (κ3) is 25.3. The van der Waals surface area contributed by atoms with Crippen LogP contribution in [0.5, 0.6) is 0 Å². The molecule has 0 radical (unpaired) electrons. The standard InChI is InChI=1S/C23H25N7O2.C21H24N8O.C21H23N7O.C21H22N6O2/c1-16-25-21(20-5-3-4-10-24-20)27-23(26-16)28-22(32)19-8-6-18(7-9-19)15-29-11-13-30(14-12-29)17(2)31;1-15-24-19(18-5-3-4-8-22-18)26-21(25-15)27-20(30)16-6-7-17(23-13-16)14-29-11-9-28(2)10-12-29;1-15-24-19(18-7-3-4-10-22-18)26-21(25-15)27-20(29)16-8-9-17(23-13-16)14-28-11-5-2-6-12-28;1-15-23-19(18-4-2-3-9-22-18)25-21(24-15)26-20(28)17-7-5-16(6-8-17)14-27-10-12-29-13-11-27/h3-10H,11-15H2,1-2H3,(H,25,26,27,28,32);3-8,13H,9-12,14H2,1-2H3,(H,24,25,26,27,30);3-4,7-10,13H,2,5-6,11-12,14H2,1H3,(H,24,25,26,27,29);2-9H,10-14H2,1H3,(H,23,24,25,26,28). The highest BCUT2D eigenvalue weighted by Gasteiger charge is 2.23. The highest BCUT2D eigenvalue weighted by Crippen LogP contribution is 2.22. The van der Waals surface area contributed by atoms with E-state index >= 15 is 0 Å². The maximum absolute atomic E-state index is 12.7. The average molecular weight is 1620 g/mol. The molecule has 120 heavy (non-hydrogen) atoms. The molecule has 14 heterocycles. The molecule has 0 bridgehead atoms. The Morgan fingerprint density at radius 3 is 0.967 bits per heavy atom. The van der Waals surface area contributed by atoms with E-state index < -0.39 is 0 Å². The van der Waals surface area contributed by atoms with E-state index in [2.05, 4.69) is 143 Å². The highest BCUT2D eigenvalue weighted by atomic mass is 16.5. The normalized spacial score (nSPS) is 14.6. The van der Waals surface area contributed by atoms with Crippen molar-refractivity contribution in [3.63, 3.8) is 0 Å². The van der Waals surface area contributed by atoms with Crippen LogP contribution >= 0.6 is 0 Å². The van der Waals surface area contributed by atoms with Gasteiger partial charge in [0.1, 0.15) is 46.1 Å². The summed E-state index contributed by atoms with van der Waals surface area (Å²) in [7, 11) is 2.14. The molecule has 4 aliphatic heterocycles. The second-order valence-electron chi connectivity index (χ2n) is 28.9. The second-order valence-corrected chi connectivity index (χ2v) is 28.9. The summed E-state index contributed by atoms with van der Waals surface area (Å²) < 4.78 is 5.37. The van der Waals surface area contributed by atoms with Gasteiger partial charge in [0.2, 0.25) is 29.7 Å². The van der Waals surface area contributed by atoms with Crippen LogP contribution in [0.1, 0.15) is 113 Å². The summed E-state index contributed by atoms with van der Waals surface area (Å²) >= 11 is 0. The number of amides is 5. The van der Waals surface area contributed by atoms with Gasteiger partial charge in [0.15, 0.2) is 23.3 Å². The van der Waals surface area contributed by atoms with Gasteiger partial charge in [-0.1, -0.05) is 55.0 Å². The lowest BCUT2D eigenvalue weighted by Gasteiger charge is -2.34. The summed E-state index contributed by atoms with van der Waals surface area (Å²) in [5.41, 5.74) is 8.67. The van der Waals surface area contributed by atoms with Crippen molar-refractivity contribution in [2.24, 2.45) is 0 Å². The Labute approximate surface area is 694 Å². The molecule has 4 aliphatic rings. The third-order valence-electron chi connectivity index (χ3n) is 19.6. The predicted molar refractivity (Wildman–Crippen MR) is 450 cm³/mol. The van der Waals surface area contributed by atoms with Crippen molar-refractivity contribution in [3.05, 3.63) is 251 Å². The Hall–Kier alpha value is -13.5. The number of rotatable bonds is 20. The number of carbonyl (C=O) groups is 5. The quantitative estimate of drug-likeness (QED) is 0.0552. The SMILES string of the molecule is CC(=O)N1CCN(Cc2ccc(C(=O)Nc3nc(C)nc(-c4ccccn4)n3)cc2)CC1.Cc1nc(NC(=O)c2ccc(CN3CCCCC3)nc2)nc(-c2ccccn2)n1.Cc1nc(NC(=O)c2ccc(CN3CCN(C)CC3)nc2)nc(-c2ccccn2)n1.Cc1nc(NC(=O)c2ccc(CN3CCOCC3)cc2)nc(-c2ccccn2)n1. The first-order valence-electron chi connectivity index (χ1n) is 39.7. The molecule has 16 rings (SSSR count). The number of anilines is 4. The average Bonchev–Trinajstić information content (AvgIpc) is 0.840. The maximum atomic E-state index is 12.7. The van der Waals surface area contributed by atoms with Crippen molar-refractivity contribution in [2.75, 3.05) is 120 Å². The van der Waals surface area contributed by atoms with Gasteiger partial charge in [0, 0.05) is 147 Å². The Morgan fingerprint density at radius 1 is 0.325 bits per heavy atom. The van der Waals surface area contributed by atoms with Crippen LogP contribution in [-0.2, 0) is 35.7 Å². The fourth-order valence-electron chi connectivity index (χ4n) is 13.2. The van der Waals surface area contributed by atoms with Gasteiger partial charge >= 0.3 is 0 Å². The van der Waals surface area contributed by atoms with Crippen LogP contribution in [0.3, 0.4) is 0 Å². The van der Waals surface area contributed by atoms with Gasteiger partial charge in [-0.3, -0.25) is 94.7 Å². The highest BCUT2D eigenvalue weighted by molar-refractivity contribution is 6.05. The molecule has 0 spiro atoms. The minimum Gasteiger partial charge on any atom is -0.379 e. The van der Waals surface area contributed by atoms with Gasteiger partial charge in [-0.2, -0.15) is 39.9 Å². The predicted octanol–water partition coefficient (Wildman–Crippen LogP) is 9.00. The third-order valence-corrected chi connectivity index (χ3v) is 19.6. The minimum absolute atomic E-state index is 0.125. The van der Waals surface area contributed by atoms with Crippen molar-refractivity contribution >= 4 is 53.3 Å². The maximum Gasteiger partial charge on any atom is 0.259 e. The Morgan fingerprint density at radius 2 is 0.642 bits per heavy atom. The van der Waals surface area contributed by atoms with Crippen molar-refractivity contribution < 1.29 is 28.7 Å². The number of aromatic nitrogens is 18. The number of pyridine rings is 6. The summed E-state index contributed by atoms with van der Waals surface area (Å²) in [5.74, 6) is 3.42. The van der Waals surface area contributed by atoms with Crippen LogP contribution in [0.4, 0.5) is 23.8 Å². The number of morpholine rings is 1. The summed E-state index contributed by atoms with van der Waals surface area (Å²) in [6.45, 7) is 24.8. The summed E-state index contributed by atoms with van der Waals surface area (Å²) in [6, 6.07) is 44.4. The fraction of sp³-hybridized carbons (Fsp3) is 0.314. The number of hydrogen-bond acceptors (Lipinski definition) is 29. The lowest BCUT2D eigenvalue weighted by molar-refractivity contribution is -0.130. The Bertz CT molecular complexity index is 5220. The van der Waals surface area contributed by atoms with Crippen LogP contribution < -0.4 is 21.3 Å². The van der Waals surface area contributed by atoms with Crippen LogP contribution in [0.2, 0.25) is 0 Å². The number of likely N-dealkylation sites (N-methyl/N-ethyl adjacent to an activating group) is 1. The Kier molecular flexibility index (Phi) is 29.6. The van der Waals surface area contributed by atoms with E-state index in [4.69, 9.17) is 4.74 Å². The first kappa shape index (κ1) is 84.4. The van der Waals surface area contributed by atoms with Crippen LogP contribution in [0.25, 0.3) is 46.1 Å². The molecular formula is C86H94N28O6. The minimum atomic E-state index is -0.314. The number of piperazine rings is 2. The van der Waals surface area contributed by atoms with Gasteiger partial charge in [0.25, 0.3) is 23.6 Å². The van der Waals surface area contributed by atoms with Gasteiger partial charge in [0.05, 0.1) is 35.7 Å². The van der Waals surface area contributed by atoms with Crippen molar-refractivity contribution in [1.29, 1.82) is 0 Å². The Balaban J connectivity index is 0.000000138. The molecule has 4 saturated heterocycles. The number of carbonyl (C=O) groups excluding carboxylic acids is 5. The molecule has 12 aromatic rings. The first-order chi connectivity index (χ1) is 58.4. The number of ether oxygens (including phenoxy) is 1. The number of benzene rings is 2. The van der Waals surface area contributed by atoms with Gasteiger partial charge in [-0.15, -0.1) is 0 Å². The molecule has 0 unspecified atom stereocenters. The summed E-state index contributed by atoms with van der Waals surface area (Å²) in [5, 5.41) is 11.0. The molecule has 0 atom stereocenters. The lowest BCUT2D eigenvalue weighted by atomic mass is 10.1. The number of aryl methyl sites for hydroxylation is 4. The smallest absolute Gasteiger partial charge is 0.259 e. The molecule has 614 valence electrons. The molecule has 34 nitrogen and oxygen atoms in total. The van der Waals surface area contributed by atoms with E-state index in [0.717, 1.165) is 140 Å². The molecular weight excluding hydrogens is 1520 g/mol. The van der Waals surface area contributed by atoms with Crippen molar-refractivity contribution in [2.45, 2.75) is 80.1 Å². The zero-order chi connectivity index (χ0) is 83.5. The molecule has 4 fully saturated rings. The van der Waals surface area contributed by atoms with E-state index in [0.29, 0.717) is 91.6 Å². The van der Waals surface area contributed by atoms with E-state index in [9.17, 15) is 24.0 Å². The topological polar surface area (TPSA) is 394 Å². The zero-order valence-corrected chi connectivity index (χ0v) is 67.9. The van der Waals surface area contributed by atoms with Crippen LogP contribution in [0, 0.1) is 27.7 Å². The van der Waals surface area contributed by atoms with Gasteiger partial charge in [-0.25, -0.2) is 19.9 Å². The summed E-state index contributed by atoms with van der Waals surface area (Å²) in [4.78, 5) is 153. The molecule has 0 saturated carbocycles. The molecule has 2 aromatic carbocycles. The number of hydrogen-bond donors (Lipinski definition) is 4. The second kappa shape index (κ2) is 42.1.